The number of hydrogen-bond donors (Lipinski definition) is 1. The molecule has 98 valence electrons. The average molecular weight is 313 g/mol. The van der Waals surface area contributed by atoms with Gasteiger partial charge in [0, 0.05) is 10.0 Å². The molecule has 0 saturated heterocycles. The minimum atomic E-state index is -0.561. The summed E-state index contributed by atoms with van der Waals surface area (Å²) in [4.78, 5) is 11.4. The summed E-state index contributed by atoms with van der Waals surface area (Å²) in [6.07, 6.45) is -0.561. The number of benzene rings is 1. The van der Waals surface area contributed by atoms with Crippen molar-refractivity contribution in [3.05, 3.63) is 34.3 Å². The highest BCUT2D eigenvalue weighted by molar-refractivity contribution is 9.10. The molecule has 1 rings (SSSR count). The number of nitrogens with one attached hydrogen (secondary N) is 1. The molecule has 0 aromatic heterocycles. The van der Waals surface area contributed by atoms with Gasteiger partial charge in [-0.05, 0) is 33.8 Å². The molecule has 1 aromatic rings. The highest BCUT2D eigenvalue weighted by atomic mass is 79.9. The van der Waals surface area contributed by atoms with Crippen LogP contribution in [0.4, 0.5) is 4.79 Å². The molecule has 0 heterocycles. The third kappa shape index (κ3) is 4.87. The molecule has 4 nitrogen and oxygen atoms in total. The molecule has 1 amide bonds. The largest absolute Gasteiger partial charge is 0.443 e. The molecule has 1 N–H and O–H groups in total. The second-order valence-electron chi connectivity index (χ2n) is 4.79. The molecule has 0 aliphatic rings. The molecule has 0 fully saturated rings. The fraction of sp³-hybridized carbons (Fsp3) is 0.385. The summed E-state index contributed by atoms with van der Waals surface area (Å²) in [6, 6.07) is 7.66. The number of halogens is 1. The minimum absolute atomic E-state index is 0.527. The summed E-state index contributed by atoms with van der Waals surface area (Å²) in [5.41, 5.74) is 3.47. The summed E-state index contributed by atoms with van der Waals surface area (Å²) >= 11 is 3.43. The Morgan fingerprint density at radius 3 is 2.50 bits per heavy atom. The van der Waals surface area contributed by atoms with Gasteiger partial charge in [-0.1, -0.05) is 34.1 Å². The minimum Gasteiger partial charge on any atom is -0.443 e. The number of amides is 1. The van der Waals surface area contributed by atoms with Gasteiger partial charge in [-0.25, -0.2) is 10.2 Å². The van der Waals surface area contributed by atoms with Gasteiger partial charge in [-0.3, -0.25) is 0 Å². The zero-order chi connectivity index (χ0) is 13.8. The molecule has 18 heavy (non-hydrogen) atoms. The van der Waals surface area contributed by atoms with E-state index in [2.05, 4.69) is 26.5 Å². The van der Waals surface area contributed by atoms with E-state index in [0.29, 0.717) is 5.71 Å². The van der Waals surface area contributed by atoms with Crippen molar-refractivity contribution < 1.29 is 9.53 Å². The molecule has 0 saturated carbocycles. The fourth-order valence-electron chi connectivity index (χ4n) is 1.25. The summed E-state index contributed by atoms with van der Waals surface area (Å²) < 4.78 is 6.01. The normalized spacial score (nSPS) is 12.2. The maximum atomic E-state index is 11.4. The first-order valence-electron chi connectivity index (χ1n) is 5.58. The third-order valence-electron chi connectivity index (χ3n) is 1.98. The van der Waals surface area contributed by atoms with Gasteiger partial charge in [0.2, 0.25) is 0 Å². The molecule has 0 spiro atoms. The van der Waals surface area contributed by atoms with Crippen LogP contribution >= 0.6 is 15.9 Å². The van der Waals surface area contributed by atoms with Crippen LogP contribution in [0.5, 0.6) is 0 Å². The lowest BCUT2D eigenvalue weighted by Gasteiger charge is -2.18. The lowest BCUT2D eigenvalue weighted by Crippen LogP contribution is -2.30. The van der Waals surface area contributed by atoms with Gasteiger partial charge < -0.3 is 4.74 Å². The van der Waals surface area contributed by atoms with E-state index in [9.17, 15) is 4.79 Å². The summed E-state index contributed by atoms with van der Waals surface area (Å²) in [5, 5.41) is 4.00. The van der Waals surface area contributed by atoms with E-state index in [1.807, 2.05) is 31.2 Å². The van der Waals surface area contributed by atoms with Gasteiger partial charge in [-0.15, -0.1) is 0 Å². The molecule has 0 radical (unpaired) electrons. The van der Waals surface area contributed by atoms with Crippen molar-refractivity contribution in [1.29, 1.82) is 0 Å². The smallest absolute Gasteiger partial charge is 0.428 e. The monoisotopic (exact) mass is 312 g/mol. The van der Waals surface area contributed by atoms with Crippen molar-refractivity contribution in [3.8, 4) is 0 Å². The Balaban J connectivity index is 2.69. The summed E-state index contributed by atoms with van der Waals surface area (Å²) in [7, 11) is 0. The highest BCUT2D eigenvalue weighted by Gasteiger charge is 2.15. The lowest BCUT2D eigenvalue weighted by molar-refractivity contribution is 0.0529. The van der Waals surface area contributed by atoms with Crippen LogP contribution in [0.25, 0.3) is 0 Å². The zero-order valence-corrected chi connectivity index (χ0v) is 12.5. The first-order valence-corrected chi connectivity index (χ1v) is 6.37. The molecule has 5 heteroatoms. The number of carbonyl (C=O) groups is 1. The highest BCUT2D eigenvalue weighted by Crippen LogP contribution is 2.16. The van der Waals surface area contributed by atoms with Crippen LogP contribution < -0.4 is 5.43 Å². The van der Waals surface area contributed by atoms with Crippen LogP contribution in [0, 0.1) is 0 Å². The van der Waals surface area contributed by atoms with Crippen molar-refractivity contribution in [1.82, 2.24) is 5.43 Å². The van der Waals surface area contributed by atoms with E-state index < -0.39 is 11.7 Å². The standard InChI is InChI=1S/C13H17BrN2O2/c1-9(10-7-5-6-8-11(10)14)15-16-12(17)18-13(2,3)4/h5-8H,1-4H3,(H,16,17). The summed E-state index contributed by atoms with van der Waals surface area (Å²) in [6.45, 7) is 7.22. The maximum absolute atomic E-state index is 11.4. The average Bonchev–Trinajstić information content (AvgIpc) is 2.24. The second kappa shape index (κ2) is 6.00. The maximum Gasteiger partial charge on any atom is 0.428 e. The number of ether oxygens (including phenoxy) is 1. The Morgan fingerprint density at radius 2 is 1.94 bits per heavy atom. The number of rotatable bonds is 2. The topological polar surface area (TPSA) is 50.7 Å². The molecule has 0 aliphatic heterocycles. The van der Waals surface area contributed by atoms with Gasteiger partial charge >= 0.3 is 6.09 Å². The van der Waals surface area contributed by atoms with Crippen LogP contribution in [-0.4, -0.2) is 17.4 Å². The Kier molecular flexibility index (Phi) is 4.90. The number of nitrogens with zero attached hydrogens (tertiary/aromatic N) is 1. The van der Waals surface area contributed by atoms with E-state index in [4.69, 9.17) is 4.74 Å². The molecule has 0 atom stereocenters. The Labute approximate surface area is 116 Å². The van der Waals surface area contributed by atoms with Gasteiger partial charge in [0.25, 0.3) is 0 Å². The molecule has 0 aliphatic carbocycles. The number of hydrazone groups is 1. The van der Waals surface area contributed by atoms with Crippen LogP contribution in [0.3, 0.4) is 0 Å². The second-order valence-corrected chi connectivity index (χ2v) is 5.65. The fourth-order valence-corrected chi connectivity index (χ4v) is 1.82. The Hall–Kier alpha value is -1.36. The van der Waals surface area contributed by atoms with Crippen molar-refractivity contribution >= 4 is 27.7 Å². The van der Waals surface area contributed by atoms with Gasteiger partial charge in [0.15, 0.2) is 0 Å². The SMILES string of the molecule is CC(=NNC(=O)OC(C)(C)C)c1ccccc1Br. The Morgan fingerprint density at radius 1 is 1.33 bits per heavy atom. The molecular formula is C13H17BrN2O2. The van der Waals surface area contributed by atoms with Crippen LogP contribution in [-0.2, 0) is 4.74 Å². The van der Waals surface area contributed by atoms with Crippen molar-refractivity contribution in [2.24, 2.45) is 5.10 Å². The zero-order valence-electron chi connectivity index (χ0n) is 11.0. The predicted molar refractivity (Wildman–Crippen MR) is 75.7 cm³/mol. The van der Waals surface area contributed by atoms with Gasteiger partial charge in [0.05, 0.1) is 5.71 Å². The van der Waals surface area contributed by atoms with Crippen molar-refractivity contribution in [2.75, 3.05) is 0 Å². The van der Waals surface area contributed by atoms with Gasteiger partial charge in [0.1, 0.15) is 5.60 Å². The van der Waals surface area contributed by atoms with E-state index >= 15 is 0 Å². The molecular weight excluding hydrogens is 296 g/mol. The Bertz CT molecular complexity index is 464. The van der Waals surface area contributed by atoms with E-state index in [0.717, 1.165) is 10.0 Å². The van der Waals surface area contributed by atoms with Crippen LogP contribution in [0.15, 0.2) is 33.8 Å². The molecule has 0 bridgehead atoms. The first-order chi connectivity index (χ1) is 8.29. The van der Waals surface area contributed by atoms with E-state index in [1.165, 1.54) is 0 Å². The first kappa shape index (κ1) is 14.7. The molecule has 1 aromatic carbocycles. The predicted octanol–water partition coefficient (Wildman–Crippen LogP) is 3.70. The van der Waals surface area contributed by atoms with Crippen molar-refractivity contribution in [3.63, 3.8) is 0 Å². The quantitative estimate of drug-likeness (QED) is 0.668. The van der Waals surface area contributed by atoms with E-state index in [1.54, 1.807) is 20.8 Å². The molecule has 0 unspecified atom stereocenters. The summed E-state index contributed by atoms with van der Waals surface area (Å²) in [5.74, 6) is 0. The van der Waals surface area contributed by atoms with Crippen LogP contribution in [0.2, 0.25) is 0 Å². The number of carbonyl (C=O) groups excluding carboxylic acids is 1. The van der Waals surface area contributed by atoms with Crippen molar-refractivity contribution in [2.45, 2.75) is 33.3 Å². The lowest BCUT2D eigenvalue weighted by atomic mass is 10.1. The third-order valence-corrected chi connectivity index (χ3v) is 2.67. The number of hydrogen-bond acceptors (Lipinski definition) is 3. The van der Waals surface area contributed by atoms with Gasteiger partial charge in [-0.2, -0.15) is 5.10 Å². The van der Waals surface area contributed by atoms with E-state index in [-0.39, 0.29) is 0 Å². The van der Waals surface area contributed by atoms with Crippen LogP contribution in [0.1, 0.15) is 33.3 Å².